The maximum Gasteiger partial charge on any atom is 0.136 e. The summed E-state index contributed by atoms with van der Waals surface area (Å²) < 4.78 is 0. The van der Waals surface area contributed by atoms with Crippen LogP contribution in [-0.2, 0) is 0 Å². The summed E-state index contributed by atoms with van der Waals surface area (Å²) in [5.74, 6) is 20.4. The van der Waals surface area contributed by atoms with Gasteiger partial charge in [0.1, 0.15) is 118 Å². The molecular weight excluding hydrogens is 1050 g/mol. The molecule has 2 heterocycles. The van der Waals surface area contributed by atoms with Crippen molar-refractivity contribution in [2.45, 2.75) is 0 Å². The molecule has 0 unspecified atom stereocenters. The van der Waals surface area contributed by atoms with Gasteiger partial charge in [-0.15, -0.1) is 0 Å². The van der Waals surface area contributed by atoms with E-state index in [0.29, 0.717) is 0 Å². The molecule has 0 atom stereocenters. The van der Waals surface area contributed by atoms with Gasteiger partial charge in [-0.25, -0.2) is 0 Å². The fourth-order valence-corrected chi connectivity index (χ4v) is 24.8. The van der Waals surface area contributed by atoms with Gasteiger partial charge in [0.05, 0.1) is 0 Å². The normalized spacial score (nSPS) is 15.7. The molecule has 0 aliphatic carbocycles. The van der Waals surface area contributed by atoms with Crippen molar-refractivity contribution in [2.24, 2.45) is 0 Å². The standard InChI is InChI=1S/2C28H24P2.2HI/c2*1-5-13-25(14-6-1)29(26-15-7-2-8-16-26)21-23-30(24-22-29,27-17-9-3-10-18-27)28-19-11-4-12-20-28;;/h2*1-24H;2*1H/q2*+2;;/p-2. The summed E-state index contributed by atoms with van der Waals surface area (Å²) in [6.45, 7) is 0. The van der Waals surface area contributed by atoms with E-state index >= 15 is 0 Å². The molecule has 10 rings (SSSR count). The first kappa shape index (κ1) is 45.9. The van der Waals surface area contributed by atoms with E-state index in [2.05, 4.69) is 289 Å². The van der Waals surface area contributed by atoms with Gasteiger partial charge in [-0.2, -0.15) is 0 Å². The van der Waals surface area contributed by atoms with Crippen LogP contribution < -0.4 is 90.4 Å². The number of hydrogen-bond acceptors (Lipinski definition) is 0. The van der Waals surface area contributed by atoms with Crippen molar-refractivity contribution in [3.63, 3.8) is 0 Å². The van der Waals surface area contributed by atoms with Crippen LogP contribution in [-0.4, -0.2) is 0 Å². The highest BCUT2D eigenvalue weighted by Gasteiger charge is 2.51. The largest absolute Gasteiger partial charge is 1.00 e. The van der Waals surface area contributed by atoms with Gasteiger partial charge in [0.2, 0.25) is 0 Å². The van der Waals surface area contributed by atoms with E-state index in [1.807, 2.05) is 0 Å². The van der Waals surface area contributed by atoms with Crippen LogP contribution in [0.1, 0.15) is 0 Å². The van der Waals surface area contributed by atoms with Gasteiger partial charge in [-0.05, 0) is 97.1 Å². The van der Waals surface area contributed by atoms with Gasteiger partial charge < -0.3 is 48.0 Å². The fourth-order valence-electron chi connectivity index (χ4n) is 8.41. The highest BCUT2D eigenvalue weighted by Crippen LogP contribution is 2.73. The van der Waals surface area contributed by atoms with Gasteiger partial charge in [0.15, 0.2) is 0 Å². The van der Waals surface area contributed by atoms with Crippen molar-refractivity contribution in [2.75, 3.05) is 0 Å². The molecule has 2 aliphatic heterocycles. The topological polar surface area (TPSA) is 0 Å². The first-order valence-corrected chi connectivity index (χ1v) is 28.2. The first-order chi connectivity index (χ1) is 29.7. The van der Waals surface area contributed by atoms with E-state index in [1.54, 1.807) is 0 Å². The summed E-state index contributed by atoms with van der Waals surface area (Å²) in [5.41, 5.74) is 0. The van der Waals surface area contributed by atoms with E-state index in [-0.39, 0.29) is 48.0 Å². The molecule has 304 valence electrons. The fraction of sp³-hybridized carbons (Fsp3) is 0. The Hall–Kier alpha value is -4.10. The highest BCUT2D eigenvalue weighted by molar-refractivity contribution is 8.01. The quantitative estimate of drug-likeness (QED) is 0.120. The van der Waals surface area contributed by atoms with E-state index in [4.69, 9.17) is 0 Å². The van der Waals surface area contributed by atoms with Crippen LogP contribution in [0.4, 0.5) is 0 Å². The molecule has 8 aromatic carbocycles. The second-order valence-corrected chi connectivity index (χ2v) is 27.7. The maximum atomic E-state index is 2.55. The molecule has 0 N–H and O–H groups in total. The zero-order chi connectivity index (χ0) is 40.6. The number of hydrogen-bond donors (Lipinski definition) is 0. The third-order valence-electron chi connectivity index (χ3n) is 11.6. The lowest BCUT2D eigenvalue weighted by molar-refractivity contribution is -0.001000. The van der Waals surface area contributed by atoms with Crippen LogP contribution in [0.25, 0.3) is 0 Å². The second-order valence-electron chi connectivity index (χ2n) is 15.0. The molecule has 0 saturated carbocycles. The Bertz CT molecular complexity index is 2150. The molecule has 8 aromatic rings. The smallest absolute Gasteiger partial charge is 0.136 e. The first-order valence-electron chi connectivity index (χ1n) is 20.5. The average Bonchev–Trinajstić information content (AvgIpc) is 3.36. The molecule has 0 radical (unpaired) electrons. The third-order valence-corrected chi connectivity index (χ3v) is 26.7. The van der Waals surface area contributed by atoms with Crippen molar-refractivity contribution in [1.29, 1.82) is 0 Å². The Kier molecular flexibility index (Phi) is 15.6. The van der Waals surface area contributed by atoms with Crippen molar-refractivity contribution in [3.8, 4) is 0 Å². The summed E-state index contributed by atoms with van der Waals surface area (Å²) in [4.78, 5) is 0. The highest BCUT2D eigenvalue weighted by atomic mass is 127. The van der Waals surface area contributed by atoms with E-state index in [1.165, 1.54) is 42.4 Å². The number of halogens is 2. The molecule has 0 aromatic heterocycles. The summed E-state index contributed by atoms with van der Waals surface area (Å²) in [7, 11) is -7.00. The van der Waals surface area contributed by atoms with Crippen LogP contribution >= 0.6 is 29.0 Å². The minimum Gasteiger partial charge on any atom is -1.00 e. The zero-order valence-electron chi connectivity index (χ0n) is 34.3. The predicted octanol–water partition coefficient (Wildman–Crippen LogP) is 6.57. The molecule has 0 saturated heterocycles. The Labute approximate surface area is 405 Å². The van der Waals surface area contributed by atoms with Gasteiger partial charge >= 0.3 is 0 Å². The van der Waals surface area contributed by atoms with Crippen LogP contribution in [0, 0.1) is 0 Å². The van der Waals surface area contributed by atoms with Gasteiger partial charge in [-0.3, -0.25) is 0 Å². The SMILES string of the molecule is C1=C[P+](c2ccccc2)(c2ccccc2)C=C[P+]1(c1ccccc1)c1ccccc1.C1=C[P+](c2ccccc2)(c2ccccc2)C=C[P+]1(c1ccccc1)c1ccccc1.[I-].[I-]. The lowest BCUT2D eigenvalue weighted by Crippen LogP contribution is -3.00. The van der Waals surface area contributed by atoms with Crippen molar-refractivity contribution >= 4 is 71.5 Å². The lowest BCUT2D eigenvalue weighted by Gasteiger charge is -2.27. The maximum absolute atomic E-state index is 2.55. The lowest BCUT2D eigenvalue weighted by atomic mass is 10.4. The van der Waals surface area contributed by atoms with Crippen molar-refractivity contribution < 1.29 is 48.0 Å². The molecule has 0 amide bonds. The minimum atomic E-state index is -1.75. The summed E-state index contributed by atoms with van der Waals surface area (Å²) in [6, 6.07) is 87.9. The van der Waals surface area contributed by atoms with Gasteiger partial charge in [0, 0.05) is 0 Å². The van der Waals surface area contributed by atoms with Crippen molar-refractivity contribution in [1.82, 2.24) is 0 Å². The Morgan fingerprint density at radius 1 is 0.145 bits per heavy atom. The van der Waals surface area contributed by atoms with Crippen LogP contribution in [0.2, 0.25) is 0 Å². The summed E-state index contributed by atoms with van der Waals surface area (Å²) in [5, 5.41) is 11.2. The number of rotatable bonds is 8. The molecular formula is C56H48I2P4+2. The van der Waals surface area contributed by atoms with Crippen LogP contribution in [0.3, 0.4) is 0 Å². The van der Waals surface area contributed by atoms with E-state index < -0.39 is 29.0 Å². The van der Waals surface area contributed by atoms with Crippen LogP contribution in [0.15, 0.2) is 289 Å². The van der Waals surface area contributed by atoms with Crippen molar-refractivity contribution in [3.05, 3.63) is 289 Å². The van der Waals surface area contributed by atoms with E-state index in [0.717, 1.165) is 0 Å². The molecule has 0 bridgehead atoms. The Morgan fingerprint density at radius 2 is 0.242 bits per heavy atom. The number of benzene rings is 8. The summed E-state index contributed by atoms with van der Waals surface area (Å²) >= 11 is 0. The molecule has 0 nitrogen and oxygen atoms in total. The Balaban J connectivity index is 0.000000181. The minimum absolute atomic E-state index is 0. The van der Waals surface area contributed by atoms with Gasteiger partial charge in [-0.1, -0.05) is 146 Å². The van der Waals surface area contributed by atoms with Crippen LogP contribution in [0.5, 0.6) is 0 Å². The monoisotopic (exact) mass is 1100 g/mol. The average molecular weight is 1100 g/mol. The molecule has 0 fully saturated rings. The predicted molar refractivity (Wildman–Crippen MR) is 273 cm³/mol. The van der Waals surface area contributed by atoms with E-state index in [9.17, 15) is 0 Å². The molecule has 62 heavy (non-hydrogen) atoms. The molecule has 2 aliphatic rings. The third kappa shape index (κ3) is 9.12. The molecule has 0 spiro atoms. The second kappa shape index (κ2) is 21.1. The Morgan fingerprint density at radius 3 is 0.339 bits per heavy atom. The summed E-state index contributed by atoms with van der Waals surface area (Å²) in [6.07, 6.45) is 0. The molecule has 6 heteroatoms. The zero-order valence-corrected chi connectivity index (χ0v) is 42.2. The van der Waals surface area contributed by atoms with Gasteiger partial charge in [0.25, 0.3) is 0 Å².